The van der Waals surface area contributed by atoms with E-state index in [0.717, 1.165) is 38.4 Å². The number of nitrogens with zero attached hydrogens (tertiary/aromatic N) is 3. The van der Waals surface area contributed by atoms with Crippen LogP contribution in [0.15, 0.2) is 4.99 Å². The minimum absolute atomic E-state index is 0. The van der Waals surface area contributed by atoms with Crippen molar-refractivity contribution >= 4 is 35.8 Å². The normalized spacial score (nSPS) is 22.0. The van der Waals surface area contributed by atoms with Gasteiger partial charge in [0.15, 0.2) is 5.96 Å². The SMILES string of the molecule is CCCCNC(=NCC(=O)N(C)C)N1CC(C)CC(C)C1.I. The summed E-state index contributed by atoms with van der Waals surface area (Å²) in [5.41, 5.74) is 0. The van der Waals surface area contributed by atoms with Gasteiger partial charge in [-0.3, -0.25) is 4.79 Å². The van der Waals surface area contributed by atoms with E-state index in [-0.39, 0.29) is 36.4 Å². The average molecular weight is 424 g/mol. The van der Waals surface area contributed by atoms with E-state index >= 15 is 0 Å². The molecule has 1 amide bonds. The standard InChI is InChI=1S/C16H32N4O.HI/c1-6-7-8-17-16(18-10-15(21)19(4)5)20-11-13(2)9-14(3)12-20;/h13-14H,6-12H2,1-5H3,(H,17,18);1H. The topological polar surface area (TPSA) is 47.9 Å². The molecule has 1 fully saturated rings. The third-order valence-corrected chi connectivity index (χ3v) is 3.84. The van der Waals surface area contributed by atoms with E-state index in [4.69, 9.17) is 0 Å². The molecule has 22 heavy (non-hydrogen) atoms. The van der Waals surface area contributed by atoms with Gasteiger partial charge >= 0.3 is 0 Å². The number of piperidine rings is 1. The van der Waals surface area contributed by atoms with Crippen molar-refractivity contribution in [3.63, 3.8) is 0 Å². The number of carbonyl (C=O) groups excluding carboxylic acids is 1. The van der Waals surface area contributed by atoms with E-state index in [9.17, 15) is 4.79 Å². The Morgan fingerprint density at radius 3 is 2.36 bits per heavy atom. The van der Waals surface area contributed by atoms with Crippen LogP contribution in [0.2, 0.25) is 0 Å². The summed E-state index contributed by atoms with van der Waals surface area (Å²) in [5, 5.41) is 3.43. The van der Waals surface area contributed by atoms with Gasteiger partial charge in [-0.1, -0.05) is 27.2 Å². The molecule has 0 saturated carbocycles. The van der Waals surface area contributed by atoms with Gasteiger partial charge in [-0.25, -0.2) is 4.99 Å². The smallest absolute Gasteiger partial charge is 0.243 e. The Labute approximate surface area is 152 Å². The van der Waals surface area contributed by atoms with Crippen LogP contribution in [0.3, 0.4) is 0 Å². The number of hydrogen-bond acceptors (Lipinski definition) is 2. The lowest BCUT2D eigenvalue weighted by Gasteiger charge is -2.37. The largest absolute Gasteiger partial charge is 0.356 e. The van der Waals surface area contributed by atoms with E-state index in [2.05, 4.69) is 36.0 Å². The first-order valence-electron chi connectivity index (χ1n) is 8.17. The minimum atomic E-state index is 0. The summed E-state index contributed by atoms with van der Waals surface area (Å²) in [4.78, 5) is 20.2. The summed E-state index contributed by atoms with van der Waals surface area (Å²) in [5.74, 6) is 2.30. The number of unbranched alkanes of at least 4 members (excludes halogenated alkanes) is 1. The molecule has 0 radical (unpaired) electrons. The van der Waals surface area contributed by atoms with Crippen molar-refractivity contribution in [2.45, 2.75) is 40.0 Å². The van der Waals surface area contributed by atoms with E-state index < -0.39 is 0 Å². The lowest BCUT2D eigenvalue weighted by molar-refractivity contribution is -0.127. The van der Waals surface area contributed by atoms with Gasteiger partial charge in [0.05, 0.1) is 0 Å². The zero-order valence-electron chi connectivity index (χ0n) is 14.8. The van der Waals surface area contributed by atoms with Gasteiger partial charge in [-0.05, 0) is 24.7 Å². The fourth-order valence-corrected chi connectivity index (χ4v) is 2.76. The second-order valence-electron chi connectivity index (χ2n) is 6.56. The van der Waals surface area contributed by atoms with Gasteiger partial charge in [0, 0.05) is 33.7 Å². The van der Waals surface area contributed by atoms with Crippen LogP contribution in [0, 0.1) is 11.8 Å². The van der Waals surface area contributed by atoms with Crippen molar-refractivity contribution < 1.29 is 4.79 Å². The molecular weight excluding hydrogens is 391 g/mol. The second-order valence-corrected chi connectivity index (χ2v) is 6.56. The molecule has 2 atom stereocenters. The second kappa shape index (κ2) is 11.1. The van der Waals surface area contributed by atoms with Crippen LogP contribution in [-0.4, -0.2) is 61.9 Å². The predicted octanol–water partition coefficient (Wildman–Crippen LogP) is 2.42. The molecule has 0 aliphatic carbocycles. The van der Waals surface area contributed by atoms with Crippen LogP contribution < -0.4 is 5.32 Å². The first-order valence-corrected chi connectivity index (χ1v) is 8.17. The number of guanidine groups is 1. The lowest BCUT2D eigenvalue weighted by Crippen LogP contribution is -2.49. The Hall–Kier alpha value is -0.530. The number of nitrogens with one attached hydrogen (secondary N) is 1. The molecule has 5 nitrogen and oxygen atoms in total. The summed E-state index contributed by atoms with van der Waals surface area (Å²) < 4.78 is 0. The highest BCUT2D eigenvalue weighted by atomic mass is 127. The Morgan fingerprint density at radius 1 is 1.27 bits per heavy atom. The molecule has 0 aromatic heterocycles. The third kappa shape index (κ3) is 7.65. The van der Waals surface area contributed by atoms with Crippen LogP contribution in [0.25, 0.3) is 0 Å². The van der Waals surface area contributed by atoms with Crippen LogP contribution in [0.5, 0.6) is 0 Å². The fraction of sp³-hybridized carbons (Fsp3) is 0.875. The summed E-state index contributed by atoms with van der Waals surface area (Å²) in [6, 6.07) is 0. The molecule has 0 bridgehead atoms. The maximum Gasteiger partial charge on any atom is 0.243 e. The van der Waals surface area contributed by atoms with Crippen molar-refractivity contribution in [2.24, 2.45) is 16.8 Å². The molecule has 0 aromatic carbocycles. The average Bonchev–Trinajstić information content (AvgIpc) is 2.41. The van der Waals surface area contributed by atoms with Crippen LogP contribution in [0.1, 0.15) is 40.0 Å². The molecular formula is C16H33IN4O. The lowest BCUT2D eigenvalue weighted by atomic mass is 9.92. The number of aliphatic imine (C=N–C) groups is 1. The third-order valence-electron chi connectivity index (χ3n) is 3.84. The summed E-state index contributed by atoms with van der Waals surface area (Å²) in [6.07, 6.45) is 3.55. The number of carbonyl (C=O) groups is 1. The molecule has 1 saturated heterocycles. The van der Waals surface area contributed by atoms with Crippen molar-refractivity contribution in [3.8, 4) is 0 Å². The minimum Gasteiger partial charge on any atom is -0.356 e. The molecule has 1 heterocycles. The van der Waals surface area contributed by atoms with E-state index in [0.29, 0.717) is 11.8 Å². The van der Waals surface area contributed by atoms with E-state index in [1.54, 1.807) is 19.0 Å². The number of halogens is 1. The zero-order chi connectivity index (χ0) is 15.8. The van der Waals surface area contributed by atoms with Gasteiger partial charge in [0.2, 0.25) is 5.91 Å². The number of hydrogen-bond donors (Lipinski definition) is 1. The number of amides is 1. The van der Waals surface area contributed by atoms with Crippen molar-refractivity contribution in [2.75, 3.05) is 40.3 Å². The van der Waals surface area contributed by atoms with Crippen molar-refractivity contribution in [1.29, 1.82) is 0 Å². The maximum absolute atomic E-state index is 11.8. The first kappa shape index (κ1) is 21.5. The van der Waals surface area contributed by atoms with E-state index in [1.165, 1.54) is 6.42 Å². The van der Waals surface area contributed by atoms with Crippen LogP contribution in [0.4, 0.5) is 0 Å². The summed E-state index contributed by atoms with van der Waals surface area (Å²) in [6.45, 7) is 9.95. The van der Waals surface area contributed by atoms with Crippen LogP contribution >= 0.6 is 24.0 Å². The fourth-order valence-electron chi connectivity index (χ4n) is 2.76. The van der Waals surface area contributed by atoms with Crippen LogP contribution in [-0.2, 0) is 4.79 Å². The quantitative estimate of drug-likeness (QED) is 0.319. The molecule has 2 unspecified atom stereocenters. The van der Waals surface area contributed by atoms with Gasteiger partial charge in [-0.2, -0.15) is 0 Å². The molecule has 0 aromatic rings. The molecule has 1 N–H and O–H groups in total. The molecule has 130 valence electrons. The highest BCUT2D eigenvalue weighted by Crippen LogP contribution is 2.20. The van der Waals surface area contributed by atoms with Gasteiger partial charge < -0.3 is 15.1 Å². The van der Waals surface area contributed by atoms with Gasteiger partial charge in [-0.15, -0.1) is 24.0 Å². The first-order chi connectivity index (χ1) is 9.93. The molecule has 6 heteroatoms. The number of rotatable bonds is 5. The highest BCUT2D eigenvalue weighted by Gasteiger charge is 2.24. The monoisotopic (exact) mass is 424 g/mol. The molecule has 1 rings (SSSR count). The summed E-state index contributed by atoms with van der Waals surface area (Å²) in [7, 11) is 3.54. The Bertz CT molecular complexity index is 350. The van der Waals surface area contributed by atoms with Gasteiger partial charge in [0.1, 0.15) is 6.54 Å². The highest BCUT2D eigenvalue weighted by molar-refractivity contribution is 14.0. The Balaban J connectivity index is 0.00000441. The Kier molecular flexibility index (Phi) is 10.8. The predicted molar refractivity (Wildman–Crippen MR) is 104 cm³/mol. The molecule has 0 spiro atoms. The zero-order valence-corrected chi connectivity index (χ0v) is 17.1. The van der Waals surface area contributed by atoms with Gasteiger partial charge in [0.25, 0.3) is 0 Å². The Morgan fingerprint density at radius 2 is 1.86 bits per heavy atom. The molecule has 1 aliphatic heterocycles. The van der Waals surface area contributed by atoms with Crippen molar-refractivity contribution in [1.82, 2.24) is 15.1 Å². The number of likely N-dealkylation sites (N-methyl/N-ethyl adjacent to an activating group) is 1. The van der Waals surface area contributed by atoms with Crippen molar-refractivity contribution in [3.05, 3.63) is 0 Å². The van der Waals surface area contributed by atoms with E-state index in [1.807, 2.05) is 0 Å². The summed E-state index contributed by atoms with van der Waals surface area (Å²) >= 11 is 0. The number of likely N-dealkylation sites (tertiary alicyclic amines) is 1. The maximum atomic E-state index is 11.8. The molecule has 1 aliphatic rings.